The van der Waals surface area contributed by atoms with E-state index >= 15 is 0 Å². The molecule has 7 heteroatoms. The Morgan fingerprint density at radius 3 is 2.96 bits per heavy atom. The van der Waals surface area contributed by atoms with Gasteiger partial charge in [0.25, 0.3) is 5.56 Å². The van der Waals surface area contributed by atoms with Crippen molar-refractivity contribution in [1.29, 1.82) is 0 Å². The van der Waals surface area contributed by atoms with Crippen LogP contribution in [0.15, 0.2) is 22.6 Å². The van der Waals surface area contributed by atoms with Crippen molar-refractivity contribution < 1.29 is 4.79 Å². The highest BCUT2D eigenvalue weighted by atomic mass is 32.2. The number of hydrogen-bond donors (Lipinski definition) is 1. The largest absolute Gasteiger partial charge is 0.352 e. The topological polar surface area (TPSA) is 64.0 Å². The van der Waals surface area contributed by atoms with Gasteiger partial charge in [0.1, 0.15) is 4.83 Å². The van der Waals surface area contributed by atoms with Gasteiger partial charge < -0.3 is 5.32 Å². The minimum atomic E-state index is -0.323. The predicted molar refractivity (Wildman–Crippen MR) is 105 cm³/mol. The van der Waals surface area contributed by atoms with Crippen molar-refractivity contribution in [3.05, 3.63) is 33.4 Å². The molecule has 2 heterocycles. The summed E-state index contributed by atoms with van der Waals surface area (Å²) in [7, 11) is 0. The summed E-state index contributed by atoms with van der Waals surface area (Å²) < 4.78 is 1.70. The zero-order valence-electron chi connectivity index (χ0n) is 14.6. The highest BCUT2D eigenvalue weighted by molar-refractivity contribution is 8.00. The van der Waals surface area contributed by atoms with E-state index in [9.17, 15) is 9.59 Å². The first-order valence-corrected chi connectivity index (χ1v) is 10.4. The highest BCUT2D eigenvalue weighted by Gasteiger charge is 2.23. The van der Waals surface area contributed by atoms with Crippen molar-refractivity contribution in [1.82, 2.24) is 14.9 Å². The van der Waals surface area contributed by atoms with Crippen molar-refractivity contribution in [3.8, 4) is 0 Å². The molecular weight excluding hydrogens is 354 g/mol. The standard InChI is InChI=1S/C18H23N3O2S2/c1-4-10-19-15(22)11(3)24-18-20-16-14(17(23)21(18)5-2)12-8-6-7-9-13(12)25-16/h4,11H,1,5-10H2,2-3H3,(H,19,22). The van der Waals surface area contributed by atoms with Crippen LogP contribution in [0.2, 0.25) is 0 Å². The lowest BCUT2D eigenvalue weighted by Crippen LogP contribution is -2.32. The van der Waals surface area contributed by atoms with Crippen LogP contribution in [-0.2, 0) is 24.2 Å². The monoisotopic (exact) mass is 377 g/mol. The molecule has 25 heavy (non-hydrogen) atoms. The Bertz CT molecular complexity index is 869. The van der Waals surface area contributed by atoms with Gasteiger partial charge in [-0.15, -0.1) is 17.9 Å². The third kappa shape index (κ3) is 3.53. The maximum absolute atomic E-state index is 13.0. The molecule has 1 unspecified atom stereocenters. The summed E-state index contributed by atoms with van der Waals surface area (Å²) in [5.74, 6) is -0.0765. The quantitative estimate of drug-likeness (QED) is 0.477. The van der Waals surface area contributed by atoms with Crippen LogP contribution in [0.25, 0.3) is 10.2 Å². The van der Waals surface area contributed by atoms with Gasteiger partial charge in [-0.05, 0) is 45.1 Å². The average molecular weight is 378 g/mol. The number of nitrogens with zero attached hydrogens (tertiary/aromatic N) is 2. The molecule has 0 aliphatic heterocycles. The Morgan fingerprint density at radius 2 is 2.24 bits per heavy atom. The Balaban J connectivity index is 1.99. The predicted octanol–water partition coefficient (Wildman–Crippen LogP) is 3.14. The third-order valence-corrected chi connectivity index (χ3v) is 6.70. The summed E-state index contributed by atoms with van der Waals surface area (Å²) in [6.07, 6.45) is 6.00. The summed E-state index contributed by atoms with van der Waals surface area (Å²) in [5, 5.41) is 3.89. The van der Waals surface area contributed by atoms with Crippen LogP contribution in [0, 0.1) is 0 Å². The number of aromatic nitrogens is 2. The van der Waals surface area contributed by atoms with E-state index in [1.165, 1.54) is 28.6 Å². The Hall–Kier alpha value is -1.60. The maximum Gasteiger partial charge on any atom is 0.263 e. The molecule has 0 saturated carbocycles. The van der Waals surface area contributed by atoms with Crippen molar-refractivity contribution in [3.63, 3.8) is 0 Å². The Morgan fingerprint density at radius 1 is 1.48 bits per heavy atom. The van der Waals surface area contributed by atoms with E-state index in [1.54, 1.807) is 22.0 Å². The van der Waals surface area contributed by atoms with Gasteiger partial charge in [-0.25, -0.2) is 4.98 Å². The lowest BCUT2D eigenvalue weighted by molar-refractivity contribution is -0.120. The van der Waals surface area contributed by atoms with Crippen molar-refractivity contribution in [2.45, 2.75) is 56.5 Å². The lowest BCUT2D eigenvalue weighted by Gasteiger charge is -2.15. The Kier molecular flexibility index (Phi) is 5.64. The minimum absolute atomic E-state index is 0.0353. The number of carbonyl (C=O) groups excluding carboxylic acids is 1. The fourth-order valence-corrected chi connectivity index (χ4v) is 5.42. The van der Waals surface area contributed by atoms with E-state index in [2.05, 4.69) is 11.9 Å². The van der Waals surface area contributed by atoms with Gasteiger partial charge in [0, 0.05) is 18.0 Å². The minimum Gasteiger partial charge on any atom is -0.352 e. The molecule has 5 nitrogen and oxygen atoms in total. The van der Waals surface area contributed by atoms with Gasteiger partial charge in [-0.1, -0.05) is 17.8 Å². The molecule has 1 aliphatic rings. The first-order chi connectivity index (χ1) is 12.1. The average Bonchev–Trinajstić information content (AvgIpc) is 2.98. The van der Waals surface area contributed by atoms with E-state index in [0.717, 1.165) is 29.5 Å². The molecule has 134 valence electrons. The summed E-state index contributed by atoms with van der Waals surface area (Å²) in [5.41, 5.74) is 1.24. The number of thioether (sulfide) groups is 1. The van der Waals surface area contributed by atoms with Crippen LogP contribution >= 0.6 is 23.1 Å². The summed E-state index contributed by atoms with van der Waals surface area (Å²) in [6, 6.07) is 0. The smallest absolute Gasteiger partial charge is 0.263 e. The number of hydrogen-bond acceptors (Lipinski definition) is 5. The second-order valence-corrected chi connectivity index (χ2v) is 8.52. The molecular formula is C18H23N3O2S2. The van der Waals surface area contributed by atoms with Crippen molar-refractivity contribution >= 4 is 39.2 Å². The Labute approximate surface area is 155 Å². The first-order valence-electron chi connectivity index (χ1n) is 8.67. The molecule has 0 saturated heterocycles. The maximum atomic E-state index is 13.0. The summed E-state index contributed by atoms with van der Waals surface area (Å²) in [6.45, 7) is 8.37. The summed E-state index contributed by atoms with van der Waals surface area (Å²) in [4.78, 5) is 32.1. The van der Waals surface area contributed by atoms with Crippen LogP contribution in [0.4, 0.5) is 0 Å². The van der Waals surface area contributed by atoms with Crippen molar-refractivity contribution in [2.75, 3.05) is 6.54 Å². The molecule has 1 atom stereocenters. The van der Waals surface area contributed by atoms with Crippen LogP contribution in [0.5, 0.6) is 0 Å². The number of fused-ring (bicyclic) bond motifs is 3. The number of thiophene rings is 1. The van der Waals surface area contributed by atoms with Crippen molar-refractivity contribution in [2.24, 2.45) is 0 Å². The molecule has 1 amide bonds. The number of nitrogens with one attached hydrogen (secondary N) is 1. The van der Waals surface area contributed by atoms with Crippen LogP contribution in [-0.4, -0.2) is 27.3 Å². The zero-order chi connectivity index (χ0) is 18.0. The normalized spacial score (nSPS) is 15.0. The summed E-state index contributed by atoms with van der Waals surface area (Å²) >= 11 is 2.99. The molecule has 0 radical (unpaired) electrons. The number of carbonyl (C=O) groups is 1. The molecule has 2 aromatic rings. The molecule has 0 aromatic carbocycles. The lowest BCUT2D eigenvalue weighted by atomic mass is 9.97. The second-order valence-electron chi connectivity index (χ2n) is 6.13. The van der Waals surface area contributed by atoms with E-state index in [4.69, 9.17) is 4.98 Å². The van der Waals surface area contributed by atoms with E-state index in [-0.39, 0.29) is 16.7 Å². The first kappa shape index (κ1) is 18.2. The fourth-order valence-electron chi connectivity index (χ4n) is 3.12. The van der Waals surface area contributed by atoms with E-state index in [1.807, 2.05) is 13.8 Å². The molecule has 0 spiro atoms. The van der Waals surface area contributed by atoms with Gasteiger partial charge >= 0.3 is 0 Å². The molecule has 3 rings (SSSR count). The molecule has 1 aliphatic carbocycles. The molecule has 2 aromatic heterocycles. The SMILES string of the molecule is C=CCNC(=O)C(C)Sc1nc2sc3c(c2c(=O)n1CC)CCCC3. The molecule has 1 N–H and O–H groups in total. The van der Waals surface area contributed by atoms with Gasteiger partial charge in [-0.3, -0.25) is 14.2 Å². The second kappa shape index (κ2) is 7.74. The van der Waals surface area contributed by atoms with E-state index in [0.29, 0.717) is 18.2 Å². The van der Waals surface area contributed by atoms with E-state index < -0.39 is 0 Å². The highest BCUT2D eigenvalue weighted by Crippen LogP contribution is 2.35. The molecule has 0 bridgehead atoms. The van der Waals surface area contributed by atoms with Gasteiger partial charge in [0.15, 0.2) is 5.16 Å². The number of aryl methyl sites for hydroxylation is 2. The zero-order valence-corrected chi connectivity index (χ0v) is 16.3. The fraction of sp³-hybridized carbons (Fsp3) is 0.500. The number of rotatable bonds is 6. The van der Waals surface area contributed by atoms with Gasteiger partial charge in [0.2, 0.25) is 5.91 Å². The molecule has 0 fully saturated rings. The van der Waals surface area contributed by atoms with Crippen LogP contribution in [0.1, 0.15) is 37.1 Å². The third-order valence-electron chi connectivity index (χ3n) is 4.43. The number of amides is 1. The van der Waals surface area contributed by atoms with Crippen LogP contribution < -0.4 is 10.9 Å². The van der Waals surface area contributed by atoms with Crippen LogP contribution in [0.3, 0.4) is 0 Å². The van der Waals surface area contributed by atoms with Gasteiger partial charge in [-0.2, -0.15) is 0 Å². The van der Waals surface area contributed by atoms with Gasteiger partial charge in [0.05, 0.1) is 10.6 Å².